The van der Waals surface area contributed by atoms with Gasteiger partial charge in [0.05, 0.1) is 18.8 Å². The van der Waals surface area contributed by atoms with Crippen LogP contribution in [0.4, 0.5) is 0 Å². The molecule has 57 heavy (non-hydrogen) atoms. The van der Waals surface area contributed by atoms with Crippen LogP contribution in [0.3, 0.4) is 0 Å². The summed E-state index contributed by atoms with van der Waals surface area (Å²) >= 11 is 0. The van der Waals surface area contributed by atoms with Crippen LogP contribution in [0.25, 0.3) is 0 Å². The molecule has 4 N–H and O–H groups in total. The highest BCUT2D eigenvalue weighted by atomic mass is 16.3. The molecule has 0 heterocycles. The highest BCUT2D eigenvalue weighted by Gasteiger charge is 2.23. The van der Waals surface area contributed by atoms with Crippen LogP contribution in [-0.4, -0.2) is 46.1 Å². The summed E-state index contributed by atoms with van der Waals surface area (Å²) < 4.78 is 0. The molecule has 3 unspecified atom stereocenters. The Kier molecular flexibility index (Phi) is 46.5. The zero-order valence-corrected chi connectivity index (χ0v) is 38.5. The molecular weight excluding hydrogens is 703 g/mol. The molecule has 0 radical (unpaired) electrons. The van der Waals surface area contributed by atoms with E-state index >= 15 is 0 Å². The number of aliphatic hydroxyl groups is 3. The van der Waals surface area contributed by atoms with Crippen molar-refractivity contribution in [3.63, 3.8) is 0 Å². The van der Waals surface area contributed by atoms with Crippen molar-refractivity contribution in [3.05, 3.63) is 24.3 Å². The fourth-order valence-corrected chi connectivity index (χ4v) is 8.05. The Bertz CT molecular complexity index is 844. The molecule has 5 heteroatoms. The molecule has 338 valence electrons. The minimum atomic E-state index is -1.07. The topological polar surface area (TPSA) is 89.8 Å². The third-order valence-electron chi connectivity index (χ3n) is 12.1. The number of carbonyl (C=O) groups is 1. The second kappa shape index (κ2) is 47.5. The van der Waals surface area contributed by atoms with Gasteiger partial charge in [-0.25, -0.2) is 0 Å². The highest BCUT2D eigenvalue weighted by molar-refractivity contribution is 5.80. The summed E-state index contributed by atoms with van der Waals surface area (Å²) in [5.41, 5.74) is 0. The van der Waals surface area contributed by atoms with Crippen molar-refractivity contribution in [1.82, 2.24) is 5.32 Å². The van der Waals surface area contributed by atoms with Crippen molar-refractivity contribution in [1.29, 1.82) is 0 Å². The summed E-state index contributed by atoms with van der Waals surface area (Å²) in [5, 5.41) is 33.2. The molecule has 0 aromatic carbocycles. The second-order valence-corrected chi connectivity index (χ2v) is 17.7. The zero-order chi connectivity index (χ0) is 41.5. The average molecular weight is 804 g/mol. The van der Waals surface area contributed by atoms with E-state index in [4.69, 9.17) is 0 Å². The summed E-state index contributed by atoms with van der Waals surface area (Å²) in [5.74, 6) is -0.470. The Hall–Kier alpha value is -1.17. The van der Waals surface area contributed by atoms with Crippen molar-refractivity contribution >= 4 is 5.91 Å². The van der Waals surface area contributed by atoms with Crippen LogP contribution in [0.2, 0.25) is 0 Å². The maximum Gasteiger partial charge on any atom is 0.249 e. The Morgan fingerprint density at radius 3 is 1.05 bits per heavy atom. The van der Waals surface area contributed by atoms with Gasteiger partial charge in [-0.2, -0.15) is 0 Å². The van der Waals surface area contributed by atoms with Crippen molar-refractivity contribution in [3.8, 4) is 0 Å². The molecule has 0 aliphatic rings. The first-order valence-electron chi connectivity index (χ1n) is 25.6. The summed E-state index contributed by atoms with van der Waals surface area (Å²) in [7, 11) is 0. The lowest BCUT2D eigenvalue weighted by atomic mass is 10.0. The van der Waals surface area contributed by atoms with Crippen LogP contribution in [0.15, 0.2) is 24.3 Å². The lowest BCUT2D eigenvalue weighted by Crippen LogP contribution is -2.49. The van der Waals surface area contributed by atoms with Crippen molar-refractivity contribution < 1.29 is 20.1 Å². The van der Waals surface area contributed by atoms with Crippen molar-refractivity contribution in [2.45, 2.75) is 295 Å². The maximum absolute atomic E-state index is 12.5. The minimum Gasteiger partial charge on any atom is -0.394 e. The summed E-state index contributed by atoms with van der Waals surface area (Å²) in [6, 6.07) is -0.708. The van der Waals surface area contributed by atoms with Crippen molar-refractivity contribution in [2.75, 3.05) is 6.61 Å². The quantitative estimate of drug-likeness (QED) is 0.0364. The normalized spacial score (nSPS) is 13.6. The number of rotatable bonds is 47. The molecule has 0 bridgehead atoms. The minimum absolute atomic E-state index is 0.312. The van der Waals surface area contributed by atoms with Gasteiger partial charge in [-0.1, -0.05) is 256 Å². The monoisotopic (exact) mass is 804 g/mol. The molecule has 0 saturated carbocycles. The SMILES string of the molecule is CCCCCCCCCCCCC/C=C\C/C=C\CCCCCCCCCCCCCCCCCCC(O)C(=O)NC(CO)C(O)CCCCCCCCCCC. The van der Waals surface area contributed by atoms with E-state index in [1.54, 1.807) is 0 Å². The molecule has 0 aromatic heterocycles. The third kappa shape index (κ3) is 42.8. The molecule has 1 amide bonds. The largest absolute Gasteiger partial charge is 0.394 e. The van der Waals surface area contributed by atoms with Gasteiger partial charge < -0.3 is 20.6 Å². The van der Waals surface area contributed by atoms with Crippen LogP contribution in [-0.2, 0) is 4.79 Å². The van der Waals surface area contributed by atoms with Crippen molar-refractivity contribution in [2.24, 2.45) is 0 Å². The number of aliphatic hydroxyl groups excluding tert-OH is 3. The lowest BCUT2D eigenvalue weighted by Gasteiger charge is -2.23. The van der Waals surface area contributed by atoms with Crippen LogP contribution in [0.1, 0.15) is 277 Å². The van der Waals surface area contributed by atoms with E-state index in [9.17, 15) is 20.1 Å². The number of hydrogen-bond acceptors (Lipinski definition) is 4. The Labute approximate surface area is 356 Å². The first kappa shape index (κ1) is 55.8. The van der Waals surface area contributed by atoms with E-state index in [0.29, 0.717) is 12.8 Å². The number of carbonyl (C=O) groups excluding carboxylic acids is 1. The third-order valence-corrected chi connectivity index (χ3v) is 12.1. The first-order chi connectivity index (χ1) is 28.1. The Morgan fingerprint density at radius 2 is 0.719 bits per heavy atom. The van der Waals surface area contributed by atoms with Gasteiger partial charge in [0, 0.05) is 0 Å². The maximum atomic E-state index is 12.5. The predicted molar refractivity (Wildman–Crippen MR) is 250 cm³/mol. The molecule has 5 nitrogen and oxygen atoms in total. The first-order valence-corrected chi connectivity index (χ1v) is 25.6. The predicted octanol–water partition coefficient (Wildman–Crippen LogP) is 15.3. The van der Waals surface area contributed by atoms with Crippen LogP contribution in [0, 0.1) is 0 Å². The second-order valence-electron chi connectivity index (χ2n) is 17.7. The molecule has 0 aliphatic heterocycles. The van der Waals surface area contributed by atoms with E-state index in [1.165, 1.54) is 212 Å². The fraction of sp³-hybridized carbons (Fsp3) is 0.904. The number of hydrogen-bond donors (Lipinski definition) is 4. The van der Waals surface area contributed by atoms with Gasteiger partial charge in [0.25, 0.3) is 0 Å². The van der Waals surface area contributed by atoms with E-state index < -0.39 is 24.2 Å². The summed E-state index contributed by atoms with van der Waals surface area (Å²) in [6.45, 7) is 4.22. The number of unbranched alkanes of at least 4 members (excludes halogenated alkanes) is 35. The lowest BCUT2D eigenvalue weighted by molar-refractivity contribution is -0.131. The molecule has 0 fully saturated rings. The van der Waals surface area contributed by atoms with Crippen LogP contribution < -0.4 is 5.32 Å². The highest BCUT2D eigenvalue weighted by Crippen LogP contribution is 2.17. The van der Waals surface area contributed by atoms with Gasteiger partial charge in [0.1, 0.15) is 6.10 Å². The van der Waals surface area contributed by atoms with E-state index in [2.05, 4.69) is 43.5 Å². The molecule has 0 spiro atoms. The molecule has 0 saturated heterocycles. The van der Waals surface area contributed by atoms with Crippen LogP contribution in [0.5, 0.6) is 0 Å². The molecule has 0 rings (SSSR count). The van der Waals surface area contributed by atoms with E-state index in [1.807, 2.05) is 0 Å². The summed E-state index contributed by atoms with van der Waals surface area (Å²) in [6.07, 6.45) is 59.5. The standard InChI is InChI=1S/C52H101NO4/c1-3-5-7-9-11-13-14-15-16-17-18-19-20-21-22-23-24-25-26-27-28-29-30-31-32-33-34-35-36-37-39-41-43-45-47-51(56)52(57)53-49(48-54)50(55)46-44-42-40-38-12-10-8-6-4-2/h20-21,23-24,49-51,54-56H,3-19,22,25-48H2,1-2H3,(H,53,57)/b21-20-,24-23-. The molecular formula is C52H101NO4. The fourth-order valence-electron chi connectivity index (χ4n) is 8.05. The molecule has 0 aromatic rings. The molecule has 3 atom stereocenters. The van der Waals surface area contributed by atoms with Gasteiger partial charge in [-0.05, 0) is 44.9 Å². The number of allylic oxidation sites excluding steroid dienone is 4. The van der Waals surface area contributed by atoms with Gasteiger partial charge >= 0.3 is 0 Å². The smallest absolute Gasteiger partial charge is 0.249 e. The molecule has 0 aliphatic carbocycles. The van der Waals surface area contributed by atoms with Gasteiger partial charge in [-0.3, -0.25) is 4.79 Å². The number of nitrogens with one attached hydrogen (secondary N) is 1. The average Bonchev–Trinajstić information content (AvgIpc) is 3.22. The van der Waals surface area contributed by atoms with E-state index in [0.717, 1.165) is 38.5 Å². The van der Waals surface area contributed by atoms with Crippen LogP contribution >= 0.6 is 0 Å². The Balaban J connectivity index is 3.45. The zero-order valence-electron chi connectivity index (χ0n) is 38.5. The van der Waals surface area contributed by atoms with E-state index in [-0.39, 0.29) is 6.61 Å². The summed E-state index contributed by atoms with van der Waals surface area (Å²) in [4.78, 5) is 12.5. The van der Waals surface area contributed by atoms with Gasteiger partial charge in [0.2, 0.25) is 5.91 Å². The Morgan fingerprint density at radius 1 is 0.421 bits per heavy atom. The van der Waals surface area contributed by atoms with Gasteiger partial charge in [-0.15, -0.1) is 0 Å². The number of amides is 1. The van der Waals surface area contributed by atoms with Gasteiger partial charge in [0.15, 0.2) is 0 Å².